The maximum absolute atomic E-state index is 12.8. The van der Waals surface area contributed by atoms with E-state index in [1.54, 1.807) is 45.2 Å². The molecule has 2 N–H and O–H groups in total. The van der Waals surface area contributed by atoms with Crippen LogP contribution in [0.1, 0.15) is 20.8 Å². The molecule has 2 aromatic carbocycles. The lowest BCUT2D eigenvalue weighted by molar-refractivity contribution is 0.304. The number of hydrazone groups is 1. The molecule has 0 amide bonds. The van der Waals surface area contributed by atoms with Gasteiger partial charge in [0.05, 0.1) is 41.4 Å². The highest BCUT2D eigenvalue weighted by atomic mass is 35.5. The number of aromatic nitrogens is 2. The molecule has 0 saturated carbocycles. The van der Waals surface area contributed by atoms with Crippen molar-refractivity contribution in [1.29, 1.82) is 0 Å². The molecule has 0 unspecified atom stereocenters. The second-order valence-electron chi connectivity index (χ2n) is 8.59. The number of nitrogens with zero attached hydrogens (tertiary/aromatic N) is 5. The summed E-state index contributed by atoms with van der Waals surface area (Å²) in [6.07, 6.45) is 3.26. The number of likely N-dealkylation sites (N-methyl/N-ethyl adjacent to an activating group) is 1. The van der Waals surface area contributed by atoms with Crippen LogP contribution in [0.25, 0.3) is 0 Å². The van der Waals surface area contributed by atoms with E-state index in [9.17, 15) is 8.42 Å². The highest BCUT2D eigenvalue weighted by Crippen LogP contribution is 2.33. The van der Waals surface area contributed by atoms with Crippen LogP contribution in [0.4, 0.5) is 28.8 Å². The number of halogens is 1. The molecule has 3 aromatic rings. The maximum atomic E-state index is 12.8. The zero-order chi connectivity index (χ0) is 26.6. The van der Waals surface area contributed by atoms with E-state index in [0.717, 1.165) is 25.3 Å². The van der Waals surface area contributed by atoms with Crippen LogP contribution in [-0.4, -0.2) is 61.7 Å². The highest BCUT2D eigenvalue weighted by molar-refractivity contribution is 7.92. The Morgan fingerprint density at radius 1 is 1.11 bits per heavy atom. The van der Waals surface area contributed by atoms with Gasteiger partial charge in [0, 0.05) is 24.8 Å². The standard InChI is InChI=1S/C25H30ClN7O3S/c1-5-33-13-12-32(16-28-33)18-10-11-20(22(14-18)36-4)30-25-27-15-19(26)24(31-25)29-21-8-6-7-9-23(21)37(34,35)17(2)3/h6-11,14-17H,5,12-13H2,1-4H3,(H2,27,29,30,31). The Bertz CT molecular complexity index is 1400. The summed E-state index contributed by atoms with van der Waals surface area (Å²) in [5.41, 5.74) is 1.99. The summed E-state index contributed by atoms with van der Waals surface area (Å²) >= 11 is 6.35. The fourth-order valence-corrected chi connectivity index (χ4v) is 5.05. The van der Waals surface area contributed by atoms with Gasteiger partial charge in [-0.15, -0.1) is 0 Å². The Morgan fingerprint density at radius 2 is 1.89 bits per heavy atom. The fourth-order valence-electron chi connectivity index (χ4n) is 3.71. The van der Waals surface area contributed by atoms with Gasteiger partial charge >= 0.3 is 0 Å². The molecule has 12 heteroatoms. The van der Waals surface area contributed by atoms with Gasteiger partial charge in [0.15, 0.2) is 15.7 Å². The second-order valence-corrected chi connectivity index (χ2v) is 11.5. The molecular weight excluding hydrogens is 514 g/mol. The number of hydrogen-bond donors (Lipinski definition) is 2. The van der Waals surface area contributed by atoms with Gasteiger partial charge in [-0.25, -0.2) is 13.4 Å². The van der Waals surface area contributed by atoms with E-state index in [-0.39, 0.29) is 21.7 Å². The van der Waals surface area contributed by atoms with Crippen LogP contribution in [-0.2, 0) is 9.84 Å². The number of benzene rings is 2. The minimum absolute atomic E-state index is 0.176. The predicted molar refractivity (Wildman–Crippen MR) is 148 cm³/mol. The molecule has 4 rings (SSSR count). The minimum atomic E-state index is -3.52. The third-order valence-electron chi connectivity index (χ3n) is 5.89. The Hall–Kier alpha value is -3.57. The van der Waals surface area contributed by atoms with E-state index < -0.39 is 15.1 Å². The third kappa shape index (κ3) is 5.89. The minimum Gasteiger partial charge on any atom is -0.494 e. The molecule has 0 bridgehead atoms. The van der Waals surface area contributed by atoms with E-state index in [0.29, 0.717) is 17.1 Å². The molecule has 37 heavy (non-hydrogen) atoms. The average molecular weight is 544 g/mol. The number of rotatable bonds is 9. The average Bonchev–Trinajstić information content (AvgIpc) is 2.91. The fraction of sp³-hybridized carbons (Fsp3) is 0.320. The van der Waals surface area contributed by atoms with Crippen LogP contribution in [0.5, 0.6) is 5.75 Å². The van der Waals surface area contributed by atoms with E-state index in [1.807, 2.05) is 29.5 Å². The van der Waals surface area contributed by atoms with Gasteiger partial charge in [-0.1, -0.05) is 23.7 Å². The van der Waals surface area contributed by atoms with Crippen molar-refractivity contribution < 1.29 is 13.2 Å². The first-order valence-electron chi connectivity index (χ1n) is 11.9. The number of anilines is 5. The molecular formula is C25H30ClN7O3S. The molecule has 0 aliphatic carbocycles. The summed E-state index contributed by atoms with van der Waals surface area (Å²) in [5.74, 6) is 1.14. The van der Waals surface area contributed by atoms with Gasteiger partial charge < -0.3 is 20.3 Å². The molecule has 0 saturated heterocycles. The zero-order valence-corrected chi connectivity index (χ0v) is 22.7. The Balaban J connectivity index is 1.58. The predicted octanol–water partition coefficient (Wildman–Crippen LogP) is 4.89. The summed E-state index contributed by atoms with van der Waals surface area (Å²) in [7, 11) is -1.93. The molecule has 1 aromatic heterocycles. The van der Waals surface area contributed by atoms with Crippen molar-refractivity contribution >= 4 is 56.6 Å². The van der Waals surface area contributed by atoms with Crippen molar-refractivity contribution in [3.05, 3.63) is 53.7 Å². The van der Waals surface area contributed by atoms with Crippen molar-refractivity contribution in [2.75, 3.05) is 42.3 Å². The largest absolute Gasteiger partial charge is 0.494 e. The number of methoxy groups -OCH3 is 1. The van der Waals surface area contributed by atoms with Crippen LogP contribution >= 0.6 is 11.6 Å². The number of para-hydroxylation sites is 1. The quantitative estimate of drug-likeness (QED) is 0.389. The number of hydrogen-bond acceptors (Lipinski definition) is 10. The van der Waals surface area contributed by atoms with Crippen LogP contribution in [0.3, 0.4) is 0 Å². The molecule has 2 heterocycles. The van der Waals surface area contributed by atoms with Gasteiger partial charge in [-0.2, -0.15) is 10.1 Å². The van der Waals surface area contributed by atoms with Gasteiger partial charge in [0.1, 0.15) is 17.1 Å². The normalized spacial score (nSPS) is 13.7. The SMILES string of the molecule is CCN1CCN(c2ccc(Nc3ncc(Cl)c(Nc4ccccc4S(=O)(=O)C(C)C)n3)c(OC)c2)C=N1. The summed E-state index contributed by atoms with van der Waals surface area (Å²) in [6, 6.07) is 12.4. The van der Waals surface area contributed by atoms with E-state index in [1.165, 1.54) is 6.20 Å². The Labute approximate surface area is 222 Å². The van der Waals surface area contributed by atoms with Gasteiger partial charge in [-0.05, 0) is 45.0 Å². The summed E-state index contributed by atoms with van der Waals surface area (Å²) in [6.45, 7) is 7.88. The topological polar surface area (TPSA) is 112 Å². The van der Waals surface area contributed by atoms with Crippen molar-refractivity contribution in [3.8, 4) is 5.75 Å². The van der Waals surface area contributed by atoms with Crippen molar-refractivity contribution in [2.45, 2.75) is 30.9 Å². The molecule has 0 radical (unpaired) electrons. The van der Waals surface area contributed by atoms with Crippen LogP contribution in [0.2, 0.25) is 5.02 Å². The van der Waals surface area contributed by atoms with Crippen LogP contribution < -0.4 is 20.3 Å². The van der Waals surface area contributed by atoms with Gasteiger partial charge in [-0.3, -0.25) is 5.01 Å². The molecule has 1 aliphatic heterocycles. The third-order valence-corrected chi connectivity index (χ3v) is 8.38. The van der Waals surface area contributed by atoms with E-state index in [2.05, 4.69) is 37.5 Å². The monoisotopic (exact) mass is 543 g/mol. The lowest BCUT2D eigenvalue weighted by Crippen LogP contribution is -2.37. The first-order chi connectivity index (χ1) is 17.7. The molecule has 196 valence electrons. The first kappa shape index (κ1) is 26.5. The summed E-state index contributed by atoms with van der Waals surface area (Å²) < 4.78 is 31.3. The van der Waals surface area contributed by atoms with Gasteiger partial charge in [0.25, 0.3) is 0 Å². The maximum Gasteiger partial charge on any atom is 0.229 e. The Kier molecular flexibility index (Phi) is 8.03. The second kappa shape index (κ2) is 11.2. The molecule has 0 atom stereocenters. The summed E-state index contributed by atoms with van der Waals surface area (Å²) in [4.78, 5) is 11.0. The van der Waals surface area contributed by atoms with E-state index >= 15 is 0 Å². The number of sulfone groups is 1. The molecule has 0 fully saturated rings. The van der Waals surface area contributed by atoms with Gasteiger partial charge in [0.2, 0.25) is 5.95 Å². The first-order valence-corrected chi connectivity index (χ1v) is 13.8. The molecule has 10 nitrogen and oxygen atoms in total. The summed E-state index contributed by atoms with van der Waals surface area (Å²) in [5, 5.41) is 12.3. The van der Waals surface area contributed by atoms with Crippen molar-refractivity contribution in [1.82, 2.24) is 15.0 Å². The number of ether oxygens (including phenoxy) is 1. The molecule has 1 aliphatic rings. The molecule has 0 spiro atoms. The van der Waals surface area contributed by atoms with Crippen molar-refractivity contribution in [3.63, 3.8) is 0 Å². The van der Waals surface area contributed by atoms with Crippen LogP contribution in [0, 0.1) is 0 Å². The lowest BCUT2D eigenvalue weighted by Gasteiger charge is -2.29. The smallest absolute Gasteiger partial charge is 0.229 e. The Morgan fingerprint density at radius 3 is 2.57 bits per heavy atom. The highest BCUT2D eigenvalue weighted by Gasteiger charge is 2.23. The van der Waals surface area contributed by atoms with E-state index in [4.69, 9.17) is 16.3 Å². The lowest BCUT2D eigenvalue weighted by atomic mass is 10.2. The zero-order valence-electron chi connectivity index (χ0n) is 21.1. The van der Waals surface area contributed by atoms with Crippen LogP contribution in [0.15, 0.2) is 58.7 Å². The number of nitrogens with one attached hydrogen (secondary N) is 2. The van der Waals surface area contributed by atoms with Crippen molar-refractivity contribution in [2.24, 2.45) is 5.10 Å².